The van der Waals surface area contributed by atoms with Gasteiger partial charge in [-0.2, -0.15) is 0 Å². The topological polar surface area (TPSA) is 76.0 Å². The second-order valence-corrected chi connectivity index (χ2v) is 4.80. The molecule has 1 aromatic carbocycles. The maximum Gasteiger partial charge on any atom is 0.303 e. The van der Waals surface area contributed by atoms with E-state index in [1.54, 1.807) is 19.2 Å². The van der Waals surface area contributed by atoms with Gasteiger partial charge in [-0.3, -0.25) is 4.79 Å². The third-order valence-corrected chi connectivity index (χ3v) is 3.49. The summed E-state index contributed by atoms with van der Waals surface area (Å²) in [5, 5.41) is 18.7. The molecule has 1 aromatic rings. The van der Waals surface area contributed by atoms with Crippen molar-refractivity contribution in [3.63, 3.8) is 0 Å². The Balaban J connectivity index is 2.87. The summed E-state index contributed by atoms with van der Waals surface area (Å²) < 4.78 is 11.0. The van der Waals surface area contributed by atoms with Crippen molar-refractivity contribution >= 4 is 21.9 Å². The van der Waals surface area contributed by atoms with Crippen molar-refractivity contribution in [1.82, 2.24) is 0 Å². The van der Waals surface area contributed by atoms with Gasteiger partial charge in [-0.05, 0) is 40.9 Å². The molecule has 1 unspecified atom stereocenters. The van der Waals surface area contributed by atoms with E-state index >= 15 is 0 Å². The van der Waals surface area contributed by atoms with Crippen LogP contribution in [0.15, 0.2) is 16.6 Å². The SMILES string of the molecule is COc1ccc(C(O)CCCC(=O)O)c(OC)c1Br. The van der Waals surface area contributed by atoms with Crippen LogP contribution in [0, 0.1) is 0 Å². The van der Waals surface area contributed by atoms with Crippen LogP contribution in [0.25, 0.3) is 0 Å². The number of hydrogen-bond donors (Lipinski definition) is 2. The lowest BCUT2D eigenvalue weighted by Crippen LogP contribution is -2.04. The first-order valence-corrected chi connectivity index (χ1v) is 6.60. The van der Waals surface area contributed by atoms with E-state index in [0.29, 0.717) is 34.4 Å². The first-order valence-electron chi connectivity index (χ1n) is 5.81. The molecule has 0 bridgehead atoms. The smallest absolute Gasteiger partial charge is 0.303 e. The number of carboxylic acids is 1. The highest BCUT2D eigenvalue weighted by Crippen LogP contribution is 2.40. The molecule has 0 radical (unpaired) electrons. The average Bonchev–Trinajstić information content (AvgIpc) is 2.37. The minimum atomic E-state index is -0.866. The van der Waals surface area contributed by atoms with Crippen molar-refractivity contribution in [3.8, 4) is 11.5 Å². The highest BCUT2D eigenvalue weighted by Gasteiger charge is 2.18. The highest BCUT2D eigenvalue weighted by molar-refractivity contribution is 9.10. The van der Waals surface area contributed by atoms with Crippen molar-refractivity contribution < 1.29 is 24.5 Å². The molecule has 0 aliphatic carbocycles. The molecule has 0 saturated heterocycles. The fourth-order valence-electron chi connectivity index (χ4n) is 1.78. The fraction of sp³-hybridized carbons (Fsp3) is 0.462. The van der Waals surface area contributed by atoms with E-state index in [1.807, 2.05) is 0 Å². The van der Waals surface area contributed by atoms with Gasteiger partial charge in [0, 0.05) is 12.0 Å². The number of halogens is 1. The molecule has 2 N–H and O–H groups in total. The molecule has 6 heteroatoms. The molecule has 0 aromatic heterocycles. The van der Waals surface area contributed by atoms with Gasteiger partial charge in [0.1, 0.15) is 16.0 Å². The summed E-state index contributed by atoms with van der Waals surface area (Å²) in [6.45, 7) is 0. The lowest BCUT2D eigenvalue weighted by atomic mass is 10.0. The molecule has 0 amide bonds. The molecule has 0 aliphatic rings. The van der Waals surface area contributed by atoms with E-state index in [9.17, 15) is 9.90 Å². The highest BCUT2D eigenvalue weighted by atomic mass is 79.9. The van der Waals surface area contributed by atoms with Crippen LogP contribution >= 0.6 is 15.9 Å². The van der Waals surface area contributed by atoms with Crippen molar-refractivity contribution in [2.75, 3.05) is 14.2 Å². The molecule has 1 rings (SSSR count). The Hall–Kier alpha value is -1.27. The first kappa shape index (κ1) is 15.8. The fourth-order valence-corrected chi connectivity index (χ4v) is 2.47. The van der Waals surface area contributed by atoms with Gasteiger partial charge in [0.05, 0.1) is 20.3 Å². The number of ether oxygens (including phenoxy) is 2. The number of rotatable bonds is 7. The lowest BCUT2D eigenvalue weighted by molar-refractivity contribution is -0.137. The quantitative estimate of drug-likeness (QED) is 0.802. The Morgan fingerprint density at radius 1 is 1.37 bits per heavy atom. The van der Waals surface area contributed by atoms with Gasteiger partial charge < -0.3 is 19.7 Å². The molecule has 0 saturated carbocycles. The molecular weight excluding hydrogens is 316 g/mol. The van der Waals surface area contributed by atoms with Crippen LogP contribution in [-0.2, 0) is 4.79 Å². The predicted molar refractivity (Wildman–Crippen MR) is 73.7 cm³/mol. The number of carbonyl (C=O) groups is 1. The van der Waals surface area contributed by atoms with E-state index in [-0.39, 0.29) is 6.42 Å². The third-order valence-electron chi connectivity index (χ3n) is 2.74. The Bertz CT molecular complexity index is 447. The van der Waals surface area contributed by atoms with Crippen LogP contribution in [0.5, 0.6) is 11.5 Å². The number of aliphatic carboxylic acids is 1. The van der Waals surface area contributed by atoms with E-state index in [2.05, 4.69) is 15.9 Å². The molecule has 5 nitrogen and oxygen atoms in total. The minimum Gasteiger partial charge on any atom is -0.495 e. The zero-order valence-electron chi connectivity index (χ0n) is 10.9. The summed E-state index contributed by atoms with van der Waals surface area (Å²) in [6.07, 6.45) is 0.0399. The number of benzene rings is 1. The molecule has 1 atom stereocenters. The molecule has 0 spiro atoms. The third kappa shape index (κ3) is 4.11. The van der Waals surface area contributed by atoms with E-state index in [0.717, 1.165) is 0 Å². The molecule has 0 fully saturated rings. The van der Waals surface area contributed by atoms with Gasteiger partial charge in [-0.15, -0.1) is 0 Å². The van der Waals surface area contributed by atoms with Gasteiger partial charge in [0.25, 0.3) is 0 Å². The van der Waals surface area contributed by atoms with E-state index < -0.39 is 12.1 Å². The van der Waals surface area contributed by atoms with E-state index in [1.165, 1.54) is 7.11 Å². The minimum absolute atomic E-state index is 0.0384. The number of carboxylic acid groups (broad SMARTS) is 1. The van der Waals surface area contributed by atoms with Crippen LogP contribution in [0.4, 0.5) is 0 Å². The number of hydrogen-bond acceptors (Lipinski definition) is 4. The predicted octanol–water partition coefficient (Wildman–Crippen LogP) is 2.75. The molecular formula is C13H17BrO5. The van der Waals surface area contributed by atoms with Crippen LogP contribution in [-0.4, -0.2) is 30.4 Å². The maximum atomic E-state index is 10.4. The average molecular weight is 333 g/mol. The van der Waals surface area contributed by atoms with Gasteiger partial charge >= 0.3 is 5.97 Å². The lowest BCUT2D eigenvalue weighted by Gasteiger charge is -2.17. The largest absolute Gasteiger partial charge is 0.495 e. The van der Waals surface area contributed by atoms with Crippen LogP contribution in [0.2, 0.25) is 0 Å². The van der Waals surface area contributed by atoms with Crippen LogP contribution < -0.4 is 9.47 Å². The monoisotopic (exact) mass is 332 g/mol. The van der Waals surface area contributed by atoms with Gasteiger partial charge in [0.15, 0.2) is 0 Å². The Labute approximate surface area is 120 Å². The van der Waals surface area contributed by atoms with Gasteiger partial charge in [-0.25, -0.2) is 0 Å². The summed E-state index contributed by atoms with van der Waals surface area (Å²) in [4.78, 5) is 10.4. The number of methoxy groups -OCH3 is 2. The molecule has 0 heterocycles. The summed E-state index contributed by atoms with van der Waals surface area (Å²) >= 11 is 3.36. The summed E-state index contributed by atoms with van der Waals surface area (Å²) in [7, 11) is 3.05. The van der Waals surface area contributed by atoms with Crippen molar-refractivity contribution in [2.45, 2.75) is 25.4 Å². The Morgan fingerprint density at radius 2 is 2.05 bits per heavy atom. The molecule has 0 aliphatic heterocycles. The molecule has 19 heavy (non-hydrogen) atoms. The maximum absolute atomic E-state index is 10.4. The van der Waals surface area contributed by atoms with Gasteiger partial charge in [0.2, 0.25) is 0 Å². The molecule has 106 valence electrons. The van der Waals surface area contributed by atoms with Crippen molar-refractivity contribution in [3.05, 3.63) is 22.2 Å². The second-order valence-electron chi connectivity index (χ2n) is 4.01. The normalized spacial score (nSPS) is 12.0. The van der Waals surface area contributed by atoms with Crippen LogP contribution in [0.1, 0.15) is 30.9 Å². The van der Waals surface area contributed by atoms with Crippen LogP contribution in [0.3, 0.4) is 0 Å². The number of aliphatic hydroxyl groups excluding tert-OH is 1. The Kier molecular flexibility index (Phi) is 6.11. The number of aliphatic hydroxyl groups is 1. The Morgan fingerprint density at radius 3 is 2.58 bits per heavy atom. The standard InChI is InChI=1S/C13H17BrO5/c1-18-10-7-6-8(13(19-2)12(10)14)9(15)4-3-5-11(16)17/h6-7,9,15H,3-5H2,1-2H3,(H,16,17). The van der Waals surface area contributed by atoms with Crippen molar-refractivity contribution in [1.29, 1.82) is 0 Å². The second kappa shape index (κ2) is 7.35. The van der Waals surface area contributed by atoms with Crippen molar-refractivity contribution in [2.24, 2.45) is 0 Å². The summed E-state index contributed by atoms with van der Waals surface area (Å²) in [6, 6.07) is 3.44. The zero-order valence-corrected chi connectivity index (χ0v) is 12.4. The van der Waals surface area contributed by atoms with E-state index in [4.69, 9.17) is 14.6 Å². The van der Waals surface area contributed by atoms with Gasteiger partial charge in [-0.1, -0.05) is 0 Å². The summed E-state index contributed by atoms with van der Waals surface area (Å²) in [5.41, 5.74) is 0.612. The summed E-state index contributed by atoms with van der Waals surface area (Å²) in [5.74, 6) is 0.246. The first-order chi connectivity index (χ1) is 9.01. The zero-order chi connectivity index (χ0) is 14.4.